The molecule has 3 nitrogen and oxygen atoms in total. The molecule has 0 heterocycles. The normalized spacial score (nSPS) is 51.8. The largest absolute Gasteiger partial charge is 0.480 e. The van der Waals surface area contributed by atoms with E-state index < -0.39 is 5.97 Å². The number of rotatable bonds is 3. The SMILES string of the molecule is CC12CC3CC(NCC(=O)O)(C1)C[C@](C)(C3)C2. The van der Waals surface area contributed by atoms with Gasteiger partial charge in [0.1, 0.15) is 0 Å². The summed E-state index contributed by atoms with van der Waals surface area (Å²) in [6.45, 7) is 4.94. The van der Waals surface area contributed by atoms with E-state index in [9.17, 15) is 4.79 Å². The highest BCUT2D eigenvalue weighted by atomic mass is 16.4. The molecular weight excluding hydrogens is 214 g/mol. The average molecular weight is 237 g/mol. The Morgan fingerprint density at radius 1 is 1.18 bits per heavy atom. The summed E-state index contributed by atoms with van der Waals surface area (Å²) in [5.74, 6) is 0.0959. The lowest BCUT2D eigenvalue weighted by molar-refractivity contribution is -0.141. The van der Waals surface area contributed by atoms with E-state index in [1.807, 2.05) is 0 Å². The van der Waals surface area contributed by atoms with E-state index >= 15 is 0 Å². The van der Waals surface area contributed by atoms with Gasteiger partial charge in [-0.1, -0.05) is 13.8 Å². The number of nitrogens with one attached hydrogen (secondary N) is 1. The lowest BCUT2D eigenvalue weighted by Crippen LogP contribution is -2.64. The second kappa shape index (κ2) is 3.25. The molecule has 0 aromatic carbocycles. The average Bonchev–Trinajstić information content (AvgIpc) is 2.08. The zero-order valence-electron chi connectivity index (χ0n) is 10.9. The summed E-state index contributed by atoms with van der Waals surface area (Å²) in [7, 11) is 0. The van der Waals surface area contributed by atoms with Crippen LogP contribution in [0, 0.1) is 16.7 Å². The summed E-state index contributed by atoms with van der Waals surface area (Å²) in [6.07, 6.45) is 7.62. The molecule has 0 aromatic heterocycles. The zero-order chi connectivity index (χ0) is 12.3. The molecule has 4 atom stereocenters. The van der Waals surface area contributed by atoms with Gasteiger partial charge in [0.15, 0.2) is 0 Å². The monoisotopic (exact) mass is 237 g/mol. The standard InChI is InChI=1S/C14H23NO2/c1-12-3-10-4-13(2,7-12)9-14(5-10,8-12)15-6-11(16)17/h10,15H,3-9H2,1-2H3,(H,16,17)/t10?,12-,13?,14?/m1/s1. The van der Waals surface area contributed by atoms with Crippen molar-refractivity contribution in [2.75, 3.05) is 6.54 Å². The van der Waals surface area contributed by atoms with Crippen LogP contribution in [0.25, 0.3) is 0 Å². The quantitative estimate of drug-likeness (QED) is 0.792. The van der Waals surface area contributed by atoms with Crippen LogP contribution in [0.3, 0.4) is 0 Å². The fourth-order valence-electron chi connectivity index (χ4n) is 5.91. The predicted molar refractivity (Wildman–Crippen MR) is 65.8 cm³/mol. The number of carboxylic acid groups (broad SMARTS) is 1. The first-order valence-corrected chi connectivity index (χ1v) is 6.79. The highest BCUT2D eigenvalue weighted by molar-refractivity contribution is 5.69. The van der Waals surface area contributed by atoms with Crippen LogP contribution in [-0.4, -0.2) is 23.2 Å². The topological polar surface area (TPSA) is 49.3 Å². The molecular formula is C14H23NO2. The van der Waals surface area contributed by atoms with E-state index in [-0.39, 0.29) is 12.1 Å². The number of hydrogen-bond donors (Lipinski definition) is 2. The predicted octanol–water partition coefficient (Wildman–Crippen LogP) is 2.41. The van der Waals surface area contributed by atoms with Gasteiger partial charge in [-0.05, 0) is 55.3 Å². The van der Waals surface area contributed by atoms with E-state index in [0.29, 0.717) is 10.8 Å². The molecule has 0 amide bonds. The maximum atomic E-state index is 10.8. The smallest absolute Gasteiger partial charge is 0.317 e. The molecule has 0 aromatic rings. The Kier molecular flexibility index (Phi) is 2.20. The fraction of sp³-hybridized carbons (Fsp3) is 0.929. The van der Waals surface area contributed by atoms with Crippen LogP contribution in [0.2, 0.25) is 0 Å². The first-order valence-electron chi connectivity index (χ1n) is 6.79. The number of carboxylic acids is 1. The first kappa shape index (κ1) is 11.5. The van der Waals surface area contributed by atoms with Crippen LogP contribution in [0.4, 0.5) is 0 Å². The summed E-state index contributed by atoms with van der Waals surface area (Å²) in [5, 5.41) is 12.3. The molecule has 4 aliphatic rings. The molecule has 3 unspecified atom stereocenters. The van der Waals surface area contributed by atoms with Gasteiger partial charge in [0.25, 0.3) is 0 Å². The van der Waals surface area contributed by atoms with Crippen molar-refractivity contribution in [2.24, 2.45) is 16.7 Å². The number of aliphatic carboxylic acids is 1. The van der Waals surface area contributed by atoms with Crippen molar-refractivity contribution >= 4 is 5.97 Å². The van der Waals surface area contributed by atoms with Crippen molar-refractivity contribution < 1.29 is 9.90 Å². The molecule has 0 spiro atoms. The molecule has 4 aliphatic carbocycles. The Morgan fingerprint density at radius 3 is 2.24 bits per heavy atom. The van der Waals surface area contributed by atoms with Gasteiger partial charge < -0.3 is 10.4 Å². The Labute approximate surface area is 103 Å². The van der Waals surface area contributed by atoms with E-state index in [1.165, 1.54) is 38.5 Å². The maximum absolute atomic E-state index is 10.8. The van der Waals surface area contributed by atoms with Crippen molar-refractivity contribution in [3.63, 3.8) is 0 Å². The molecule has 0 saturated heterocycles. The molecule has 2 N–H and O–H groups in total. The van der Waals surface area contributed by atoms with Crippen molar-refractivity contribution in [3.05, 3.63) is 0 Å². The van der Waals surface area contributed by atoms with Crippen molar-refractivity contribution in [1.82, 2.24) is 5.32 Å². The van der Waals surface area contributed by atoms with Crippen LogP contribution >= 0.6 is 0 Å². The second-order valence-electron chi connectivity index (χ2n) is 7.66. The van der Waals surface area contributed by atoms with Gasteiger partial charge in [0.2, 0.25) is 0 Å². The Morgan fingerprint density at radius 2 is 1.76 bits per heavy atom. The van der Waals surface area contributed by atoms with Crippen LogP contribution < -0.4 is 5.32 Å². The van der Waals surface area contributed by atoms with Gasteiger partial charge in [0, 0.05) is 5.54 Å². The minimum absolute atomic E-state index is 0.124. The van der Waals surface area contributed by atoms with Crippen LogP contribution in [0.1, 0.15) is 52.4 Å². The Bertz CT molecular complexity index is 347. The molecule has 96 valence electrons. The van der Waals surface area contributed by atoms with Crippen LogP contribution in [0.5, 0.6) is 0 Å². The molecule has 17 heavy (non-hydrogen) atoms. The van der Waals surface area contributed by atoms with Crippen LogP contribution in [0.15, 0.2) is 0 Å². The lowest BCUT2D eigenvalue weighted by Gasteiger charge is -2.65. The van der Waals surface area contributed by atoms with Gasteiger partial charge in [-0.2, -0.15) is 0 Å². The summed E-state index contributed by atoms with van der Waals surface area (Å²) in [4.78, 5) is 10.8. The summed E-state index contributed by atoms with van der Waals surface area (Å²) >= 11 is 0. The Hall–Kier alpha value is -0.570. The molecule has 0 aliphatic heterocycles. The Balaban J connectivity index is 1.84. The third kappa shape index (κ3) is 1.88. The molecule has 0 radical (unpaired) electrons. The van der Waals surface area contributed by atoms with E-state index in [0.717, 1.165) is 5.92 Å². The molecule has 4 bridgehead atoms. The minimum atomic E-state index is -0.726. The highest BCUT2D eigenvalue weighted by Crippen LogP contribution is 2.66. The number of hydrogen-bond acceptors (Lipinski definition) is 2. The van der Waals surface area contributed by atoms with Gasteiger partial charge >= 0.3 is 5.97 Å². The molecule has 4 rings (SSSR count). The van der Waals surface area contributed by atoms with Crippen molar-refractivity contribution in [2.45, 2.75) is 57.9 Å². The minimum Gasteiger partial charge on any atom is -0.480 e. The van der Waals surface area contributed by atoms with Gasteiger partial charge in [0.05, 0.1) is 6.54 Å². The van der Waals surface area contributed by atoms with Gasteiger partial charge in [-0.25, -0.2) is 0 Å². The van der Waals surface area contributed by atoms with Crippen molar-refractivity contribution in [3.8, 4) is 0 Å². The lowest BCUT2D eigenvalue weighted by atomic mass is 9.43. The summed E-state index contributed by atoms with van der Waals surface area (Å²) in [6, 6.07) is 0. The van der Waals surface area contributed by atoms with Gasteiger partial charge in [-0.15, -0.1) is 0 Å². The van der Waals surface area contributed by atoms with E-state index in [1.54, 1.807) is 0 Å². The molecule has 4 fully saturated rings. The highest BCUT2D eigenvalue weighted by Gasteiger charge is 2.59. The van der Waals surface area contributed by atoms with E-state index in [4.69, 9.17) is 5.11 Å². The van der Waals surface area contributed by atoms with Crippen LogP contribution in [-0.2, 0) is 4.79 Å². The molecule has 3 heteroatoms. The van der Waals surface area contributed by atoms with E-state index in [2.05, 4.69) is 19.2 Å². The van der Waals surface area contributed by atoms with Crippen molar-refractivity contribution in [1.29, 1.82) is 0 Å². The van der Waals surface area contributed by atoms with Gasteiger partial charge in [-0.3, -0.25) is 4.79 Å². The molecule has 4 saturated carbocycles. The third-order valence-electron chi connectivity index (χ3n) is 5.24. The maximum Gasteiger partial charge on any atom is 0.317 e. The summed E-state index contributed by atoms with van der Waals surface area (Å²) < 4.78 is 0. The second-order valence-corrected chi connectivity index (χ2v) is 7.66. The first-order chi connectivity index (χ1) is 7.82. The summed E-state index contributed by atoms with van der Waals surface area (Å²) in [5.41, 5.74) is 1.04. The third-order valence-corrected chi connectivity index (χ3v) is 5.24. The fourth-order valence-corrected chi connectivity index (χ4v) is 5.91. The number of carbonyl (C=O) groups is 1. The zero-order valence-corrected chi connectivity index (χ0v) is 10.9.